The average Bonchev–Trinajstić information content (AvgIpc) is 3.42. The van der Waals surface area contributed by atoms with Gasteiger partial charge in [-0.05, 0) is 13.0 Å². The molecule has 0 saturated carbocycles. The van der Waals surface area contributed by atoms with E-state index in [1.54, 1.807) is 10.7 Å². The molecule has 1 atom stereocenters. The number of rotatable bonds is 4. The van der Waals surface area contributed by atoms with Gasteiger partial charge < -0.3 is 20.5 Å². The first-order chi connectivity index (χ1) is 14.5. The van der Waals surface area contributed by atoms with Crippen LogP contribution in [0.1, 0.15) is 23.7 Å². The monoisotopic (exact) mass is 426 g/mol. The van der Waals surface area contributed by atoms with Crippen molar-refractivity contribution in [3.63, 3.8) is 0 Å². The summed E-state index contributed by atoms with van der Waals surface area (Å²) in [6.07, 6.45) is 8.92. The number of thiazole rings is 1. The summed E-state index contributed by atoms with van der Waals surface area (Å²) < 4.78 is 9.27. The minimum absolute atomic E-state index is 0.0768. The number of carboxylic acid groups (broad SMARTS) is 1. The van der Waals surface area contributed by atoms with Crippen molar-refractivity contribution in [2.75, 3.05) is 6.61 Å². The van der Waals surface area contributed by atoms with Gasteiger partial charge in [-0.1, -0.05) is 0 Å². The van der Waals surface area contributed by atoms with Crippen molar-refractivity contribution < 1.29 is 19.4 Å². The fourth-order valence-electron chi connectivity index (χ4n) is 3.41. The number of aliphatic carboxylic acids is 1. The van der Waals surface area contributed by atoms with E-state index in [2.05, 4.69) is 20.8 Å². The summed E-state index contributed by atoms with van der Waals surface area (Å²) >= 11 is 1.42. The number of ether oxygens (including phenoxy) is 1. The average molecular weight is 426 g/mol. The van der Waals surface area contributed by atoms with Gasteiger partial charge in [-0.25, -0.2) is 14.0 Å². The number of aryl methyl sites for hydroxylation is 1. The Kier molecular flexibility index (Phi) is 4.31. The van der Waals surface area contributed by atoms with Crippen LogP contribution in [0.25, 0.3) is 15.3 Å². The molecule has 3 N–H and O–H groups in total. The summed E-state index contributed by atoms with van der Waals surface area (Å²) in [6.45, 7) is 3.31. The molecule has 1 unspecified atom stereocenters. The summed E-state index contributed by atoms with van der Waals surface area (Å²) in [5.74, 6) is -0.682. The SMILES string of the molecule is CC1NC=C(C(=O)O)C=C1NC(=O)c1cnn2cc(-c3cnn4c3OCCC4)sc12. The molecule has 0 aromatic carbocycles. The van der Waals surface area contributed by atoms with Crippen LogP contribution in [0.4, 0.5) is 0 Å². The number of nitrogens with one attached hydrogen (secondary N) is 2. The quantitative estimate of drug-likeness (QED) is 0.579. The predicted octanol–water partition coefficient (Wildman–Crippen LogP) is 1.62. The highest BCUT2D eigenvalue weighted by molar-refractivity contribution is 7.21. The maximum Gasteiger partial charge on any atom is 0.337 e. The van der Waals surface area contributed by atoms with Gasteiger partial charge in [0.05, 0.1) is 46.6 Å². The van der Waals surface area contributed by atoms with Gasteiger partial charge in [-0.2, -0.15) is 10.2 Å². The van der Waals surface area contributed by atoms with Crippen molar-refractivity contribution in [1.29, 1.82) is 0 Å². The molecule has 0 radical (unpaired) electrons. The van der Waals surface area contributed by atoms with E-state index >= 15 is 0 Å². The molecule has 0 saturated heterocycles. The molecule has 5 heterocycles. The van der Waals surface area contributed by atoms with Gasteiger partial charge in [0.2, 0.25) is 5.88 Å². The Labute approximate surface area is 174 Å². The van der Waals surface area contributed by atoms with Gasteiger partial charge >= 0.3 is 5.97 Å². The lowest BCUT2D eigenvalue weighted by Crippen LogP contribution is -2.37. The van der Waals surface area contributed by atoms with E-state index in [-0.39, 0.29) is 17.5 Å². The predicted molar refractivity (Wildman–Crippen MR) is 108 cm³/mol. The fraction of sp³-hybridized carbons (Fsp3) is 0.263. The Morgan fingerprint density at radius 2 is 2.23 bits per heavy atom. The van der Waals surface area contributed by atoms with Gasteiger partial charge in [-0.3, -0.25) is 4.79 Å². The number of dihydropyridines is 1. The smallest absolute Gasteiger partial charge is 0.337 e. The van der Waals surface area contributed by atoms with Crippen molar-refractivity contribution in [1.82, 2.24) is 30.0 Å². The fourth-order valence-corrected chi connectivity index (χ4v) is 4.47. The number of carbonyl (C=O) groups excluding carboxylic acids is 1. The zero-order valence-corrected chi connectivity index (χ0v) is 16.8. The van der Waals surface area contributed by atoms with Gasteiger partial charge in [0.15, 0.2) is 0 Å². The molecule has 0 spiro atoms. The van der Waals surface area contributed by atoms with Crippen LogP contribution in [0.3, 0.4) is 0 Å². The Bertz CT molecular complexity index is 1230. The maximum atomic E-state index is 12.9. The van der Waals surface area contributed by atoms with Crippen LogP contribution < -0.4 is 15.4 Å². The highest BCUT2D eigenvalue weighted by atomic mass is 32.1. The zero-order chi connectivity index (χ0) is 20.8. The second kappa shape index (κ2) is 7.02. The number of carboxylic acids is 1. The van der Waals surface area contributed by atoms with Crippen molar-refractivity contribution in [3.8, 4) is 16.3 Å². The molecule has 1 amide bonds. The molecular weight excluding hydrogens is 408 g/mol. The number of aromatic nitrogens is 4. The summed E-state index contributed by atoms with van der Waals surface area (Å²) in [6, 6.07) is -0.224. The molecule has 2 aliphatic rings. The molecular formula is C19H18N6O4S. The van der Waals surface area contributed by atoms with Crippen LogP contribution in [0.15, 0.2) is 42.1 Å². The number of fused-ring (bicyclic) bond motifs is 2. The van der Waals surface area contributed by atoms with Crippen LogP contribution in [0.5, 0.6) is 5.88 Å². The number of hydrogen-bond donors (Lipinski definition) is 3. The van der Waals surface area contributed by atoms with Crippen LogP contribution in [-0.4, -0.2) is 49.0 Å². The number of amides is 1. The summed E-state index contributed by atoms with van der Waals surface area (Å²) in [7, 11) is 0. The normalized spacial score (nSPS) is 18.1. The molecule has 30 heavy (non-hydrogen) atoms. The van der Waals surface area contributed by atoms with E-state index in [4.69, 9.17) is 4.74 Å². The molecule has 0 fully saturated rings. The zero-order valence-electron chi connectivity index (χ0n) is 16.0. The van der Waals surface area contributed by atoms with Crippen LogP contribution in [0, 0.1) is 0 Å². The third kappa shape index (κ3) is 3.03. The van der Waals surface area contributed by atoms with Crippen molar-refractivity contribution >= 4 is 28.0 Å². The van der Waals surface area contributed by atoms with E-state index in [0.29, 0.717) is 22.7 Å². The van der Waals surface area contributed by atoms with E-state index in [0.717, 1.165) is 29.3 Å². The van der Waals surface area contributed by atoms with Gasteiger partial charge in [-0.15, -0.1) is 11.3 Å². The van der Waals surface area contributed by atoms with Crippen LogP contribution in [0.2, 0.25) is 0 Å². The molecule has 2 aliphatic heterocycles. The molecule has 154 valence electrons. The van der Waals surface area contributed by atoms with E-state index < -0.39 is 5.97 Å². The lowest BCUT2D eigenvalue weighted by molar-refractivity contribution is -0.132. The van der Waals surface area contributed by atoms with Crippen LogP contribution >= 0.6 is 11.3 Å². The molecule has 11 heteroatoms. The molecule has 3 aromatic rings. The van der Waals surface area contributed by atoms with E-state index in [9.17, 15) is 14.7 Å². The van der Waals surface area contributed by atoms with Crippen molar-refractivity contribution in [2.24, 2.45) is 0 Å². The van der Waals surface area contributed by atoms with Gasteiger partial charge in [0, 0.05) is 31.1 Å². The number of hydrogen-bond acceptors (Lipinski definition) is 7. The van der Waals surface area contributed by atoms with Crippen molar-refractivity contribution in [2.45, 2.75) is 25.9 Å². The summed E-state index contributed by atoms with van der Waals surface area (Å²) in [5, 5.41) is 23.6. The highest BCUT2D eigenvalue weighted by Crippen LogP contribution is 2.37. The first-order valence-corrected chi connectivity index (χ1v) is 10.2. The molecule has 0 bridgehead atoms. The lowest BCUT2D eigenvalue weighted by Gasteiger charge is -2.21. The molecule has 5 rings (SSSR count). The minimum atomic E-state index is -1.07. The van der Waals surface area contributed by atoms with E-state index in [1.165, 1.54) is 29.8 Å². The van der Waals surface area contributed by atoms with Crippen LogP contribution in [-0.2, 0) is 11.3 Å². The molecule has 0 aliphatic carbocycles. The lowest BCUT2D eigenvalue weighted by atomic mass is 10.1. The second-order valence-corrected chi connectivity index (χ2v) is 8.07. The van der Waals surface area contributed by atoms with Gasteiger partial charge in [0.1, 0.15) is 4.83 Å². The first kappa shape index (κ1) is 18.4. The standard InChI is InChI=1S/C19H18N6O4S/c1-10-14(5-11(6-20-10)19(27)28)23-16(26)13-8-22-25-9-15(30-18(13)25)12-7-21-24-3-2-4-29-17(12)24/h5-10,20H,2-4H2,1H3,(H,23,26)(H,27,28). The second-order valence-electron chi connectivity index (χ2n) is 7.04. The molecule has 3 aromatic heterocycles. The topological polar surface area (TPSA) is 123 Å². The first-order valence-electron chi connectivity index (χ1n) is 9.40. The Balaban J connectivity index is 1.44. The minimum Gasteiger partial charge on any atom is -0.478 e. The van der Waals surface area contributed by atoms with Crippen molar-refractivity contribution in [3.05, 3.63) is 47.7 Å². The summed E-state index contributed by atoms with van der Waals surface area (Å²) in [4.78, 5) is 25.7. The third-order valence-electron chi connectivity index (χ3n) is 5.02. The van der Waals surface area contributed by atoms with Gasteiger partial charge in [0.25, 0.3) is 5.91 Å². The van der Waals surface area contributed by atoms with E-state index in [1.807, 2.05) is 17.8 Å². The third-order valence-corrected chi connectivity index (χ3v) is 6.17. The number of carbonyl (C=O) groups is 2. The summed E-state index contributed by atoms with van der Waals surface area (Å²) in [5.41, 5.74) is 1.84. The highest BCUT2D eigenvalue weighted by Gasteiger charge is 2.24. The Morgan fingerprint density at radius 3 is 3.07 bits per heavy atom. The largest absolute Gasteiger partial charge is 0.478 e. The number of nitrogens with zero attached hydrogens (tertiary/aromatic N) is 4. The maximum absolute atomic E-state index is 12.9. The Hall–Kier alpha value is -3.60. The molecule has 10 nitrogen and oxygen atoms in total. The Morgan fingerprint density at radius 1 is 1.37 bits per heavy atom.